The highest BCUT2D eigenvalue weighted by Crippen LogP contribution is 2.26. The number of fused-ring (bicyclic) bond motifs is 1. The van der Waals surface area contributed by atoms with Gasteiger partial charge in [-0.2, -0.15) is 13.2 Å². The Kier molecular flexibility index (Phi) is 7.18. The average molecular weight is 400 g/mol. The maximum atomic E-state index is 12.4. The van der Waals surface area contributed by atoms with Gasteiger partial charge in [-0.1, -0.05) is 6.07 Å². The predicted octanol–water partition coefficient (Wildman–Crippen LogP) is 2.67. The SMILES string of the molecule is O=C(COc1ccc2c(c1)CCC2)N1CCN(CCCOCC(F)(F)F)CC1. The van der Waals surface area contributed by atoms with Crippen molar-refractivity contribution in [2.24, 2.45) is 0 Å². The lowest BCUT2D eigenvalue weighted by Gasteiger charge is -2.34. The van der Waals surface area contributed by atoms with Crippen LogP contribution in [0, 0.1) is 0 Å². The number of halogens is 3. The molecule has 156 valence electrons. The molecule has 0 N–H and O–H groups in total. The summed E-state index contributed by atoms with van der Waals surface area (Å²) in [4.78, 5) is 16.3. The molecule has 5 nitrogen and oxygen atoms in total. The molecular weight excluding hydrogens is 373 g/mol. The largest absolute Gasteiger partial charge is 0.484 e. The summed E-state index contributed by atoms with van der Waals surface area (Å²) < 4.78 is 46.3. The molecule has 1 aromatic carbocycles. The Bertz CT molecular complexity index is 659. The standard InChI is InChI=1S/C20H27F3N2O3/c21-20(22,23)15-27-12-2-7-24-8-10-25(11-9-24)19(26)14-28-18-6-5-16-3-1-4-17(16)13-18/h5-6,13H,1-4,7-12,14-15H2. The molecular formula is C20H27F3N2O3. The molecule has 0 radical (unpaired) electrons. The average Bonchev–Trinajstić information content (AvgIpc) is 3.13. The van der Waals surface area contributed by atoms with Gasteiger partial charge in [-0.25, -0.2) is 0 Å². The van der Waals surface area contributed by atoms with Crippen LogP contribution in [0.2, 0.25) is 0 Å². The van der Waals surface area contributed by atoms with E-state index in [9.17, 15) is 18.0 Å². The molecule has 28 heavy (non-hydrogen) atoms. The summed E-state index contributed by atoms with van der Waals surface area (Å²) in [6.45, 7) is 2.24. The number of carbonyl (C=O) groups excluding carboxylic acids is 1. The van der Waals surface area contributed by atoms with Gasteiger partial charge in [0.25, 0.3) is 5.91 Å². The Balaban J connectivity index is 1.30. The van der Waals surface area contributed by atoms with Crippen LogP contribution >= 0.6 is 0 Å². The lowest BCUT2D eigenvalue weighted by Crippen LogP contribution is -2.50. The molecule has 0 spiro atoms. The van der Waals surface area contributed by atoms with Crippen molar-refractivity contribution in [3.05, 3.63) is 29.3 Å². The number of ether oxygens (including phenoxy) is 2. The monoisotopic (exact) mass is 400 g/mol. The number of nitrogens with zero attached hydrogens (tertiary/aromatic N) is 2. The van der Waals surface area contributed by atoms with Crippen molar-refractivity contribution in [2.75, 3.05) is 52.5 Å². The lowest BCUT2D eigenvalue weighted by molar-refractivity contribution is -0.174. The van der Waals surface area contributed by atoms with Crippen LogP contribution in [0.1, 0.15) is 24.0 Å². The molecule has 1 fully saturated rings. The van der Waals surface area contributed by atoms with E-state index in [1.807, 2.05) is 12.1 Å². The predicted molar refractivity (Wildman–Crippen MR) is 98.5 cm³/mol. The molecule has 1 saturated heterocycles. The zero-order chi connectivity index (χ0) is 20.0. The Labute approximate surface area is 163 Å². The van der Waals surface area contributed by atoms with Gasteiger partial charge < -0.3 is 14.4 Å². The van der Waals surface area contributed by atoms with Gasteiger partial charge in [0, 0.05) is 39.3 Å². The van der Waals surface area contributed by atoms with Gasteiger partial charge in [0.1, 0.15) is 12.4 Å². The quantitative estimate of drug-likeness (QED) is 0.630. The van der Waals surface area contributed by atoms with Gasteiger partial charge in [0.15, 0.2) is 6.61 Å². The van der Waals surface area contributed by atoms with Gasteiger partial charge in [-0.3, -0.25) is 9.69 Å². The van der Waals surface area contributed by atoms with E-state index >= 15 is 0 Å². The summed E-state index contributed by atoms with van der Waals surface area (Å²) in [7, 11) is 0. The van der Waals surface area contributed by atoms with Crippen LogP contribution in [0.4, 0.5) is 13.2 Å². The van der Waals surface area contributed by atoms with Crippen LogP contribution in [0.15, 0.2) is 18.2 Å². The summed E-state index contributed by atoms with van der Waals surface area (Å²) in [5, 5.41) is 0. The van der Waals surface area contributed by atoms with E-state index in [1.54, 1.807) is 4.90 Å². The van der Waals surface area contributed by atoms with Crippen molar-refractivity contribution >= 4 is 5.91 Å². The first-order valence-corrected chi connectivity index (χ1v) is 9.80. The minimum atomic E-state index is -4.27. The fourth-order valence-electron chi connectivity index (χ4n) is 3.67. The van der Waals surface area contributed by atoms with E-state index < -0.39 is 12.8 Å². The van der Waals surface area contributed by atoms with Crippen LogP contribution in [0.3, 0.4) is 0 Å². The number of alkyl halides is 3. The number of aryl methyl sites for hydroxylation is 2. The zero-order valence-electron chi connectivity index (χ0n) is 16.0. The van der Waals surface area contributed by atoms with E-state index in [0.29, 0.717) is 39.1 Å². The molecule has 0 saturated carbocycles. The summed E-state index contributed by atoms with van der Waals surface area (Å²) in [6.07, 6.45) is -0.354. The highest BCUT2D eigenvalue weighted by atomic mass is 19.4. The molecule has 0 aromatic heterocycles. The Morgan fingerprint density at radius 1 is 1.07 bits per heavy atom. The van der Waals surface area contributed by atoms with Gasteiger partial charge in [0.05, 0.1) is 0 Å². The normalized spacial score (nSPS) is 17.6. The molecule has 0 unspecified atom stereocenters. The highest BCUT2D eigenvalue weighted by molar-refractivity contribution is 5.77. The van der Waals surface area contributed by atoms with Gasteiger partial charge in [-0.15, -0.1) is 0 Å². The smallest absolute Gasteiger partial charge is 0.411 e. The maximum Gasteiger partial charge on any atom is 0.411 e. The van der Waals surface area contributed by atoms with Crippen molar-refractivity contribution in [3.63, 3.8) is 0 Å². The summed E-state index contributed by atoms with van der Waals surface area (Å²) >= 11 is 0. The zero-order valence-corrected chi connectivity index (χ0v) is 16.0. The third-order valence-electron chi connectivity index (χ3n) is 5.19. The molecule has 1 heterocycles. The fourth-order valence-corrected chi connectivity index (χ4v) is 3.67. The Hall–Kier alpha value is -1.80. The van der Waals surface area contributed by atoms with Crippen molar-refractivity contribution in [1.29, 1.82) is 0 Å². The molecule has 3 rings (SSSR count). The van der Waals surface area contributed by atoms with E-state index in [1.165, 1.54) is 17.5 Å². The van der Waals surface area contributed by atoms with E-state index in [4.69, 9.17) is 4.74 Å². The number of rotatable bonds is 8. The van der Waals surface area contributed by atoms with Gasteiger partial charge in [0.2, 0.25) is 0 Å². The van der Waals surface area contributed by atoms with Crippen LogP contribution in [0.25, 0.3) is 0 Å². The number of amides is 1. The molecule has 1 aliphatic heterocycles. The third-order valence-corrected chi connectivity index (χ3v) is 5.19. The second kappa shape index (κ2) is 9.60. The molecule has 0 atom stereocenters. The number of benzene rings is 1. The van der Waals surface area contributed by atoms with E-state index in [2.05, 4.69) is 15.7 Å². The molecule has 1 amide bonds. The summed E-state index contributed by atoms with van der Waals surface area (Å²) in [5.41, 5.74) is 2.69. The van der Waals surface area contributed by atoms with Crippen molar-refractivity contribution in [1.82, 2.24) is 9.80 Å². The van der Waals surface area contributed by atoms with E-state index in [-0.39, 0.29) is 19.1 Å². The van der Waals surface area contributed by atoms with Crippen molar-refractivity contribution in [3.8, 4) is 5.75 Å². The van der Waals surface area contributed by atoms with Crippen LogP contribution in [-0.2, 0) is 22.4 Å². The first kappa shape index (κ1) is 20.9. The Morgan fingerprint density at radius 2 is 1.82 bits per heavy atom. The lowest BCUT2D eigenvalue weighted by atomic mass is 10.1. The van der Waals surface area contributed by atoms with Crippen molar-refractivity contribution < 1.29 is 27.4 Å². The molecule has 0 bridgehead atoms. The molecule has 8 heteroatoms. The maximum absolute atomic E-state index is 12.4. The minimum Gasteiger partial charge on any atom is -0.484 e. The first-order chi connectivity index (χ1) is 13.4. The summed E-state index contributed by atoms with van der Waals surface area (Å²) in [6, 6.07) is 6.05. The van der Waals surface area contributed by atoms with Gasteiger partial charge in [-0.05, 0) is 48.9 Å². The van der Waals surface area contributed by atoms with Crippen LogP contribution in [0.5, 0.6) is 5.75 Å². The highest BCUT2D eigenvalue weighted by Gasteiger charge is 2.27. The van der Waals surface area contributed by atoms with Crippen molar-refractivity contribution in [2.45, 2.75) is 31.9 Å². The minimum absolute atomic E-state index is 0.0318. The molecule has 1 aromatic rings. The van der Waals surface area contributed by atoms with Crippen LogP contribution < -0.4 is 4.74 Å². The number of piperazine rings is 1. The topological polar surface area (TPSA) is 42.0 Å². The van der Waals surface area contributed by atoms with Crippen LogP contribution in [-0.4, -0.2) is 74.4 Å². The van der Waals surface area contributed by atoms with E-state index in [0.717, 1.165) is 18.6 Å². The Morgan fingerprint density at radius 3 is 2.57 bits per heavy atom. The number of hydrogen-bond donors (Lipinski definition) is 0. The third kappa shape index (κ3) is 6.38. The first-order valence-electron chi connectivity index (χ1n) is 9.80. The number of carbonyl (C=O) groups is 1. The molecule has 1 aliphatic carbocycles. The van der Waals surface area contributed by atoms with Gasteiger partial charge >= 0.3 is 6.18 Å². The second-order valence-electron chi connectivity index (χ2n) is 7.32. The fraction of sp³-hybridized carbons (Fsp3) is 0.650. The summed E-state index contributed by atoms with van der Waals surface area (Å²) in [5.74, 6) is 0.708. The second-order valence-corrected chi connectivity index (χ2v) is 7.32. The molecule has 2 aliphatic rings. The number of hydrogen-bond acceptors (Lipinski definition) is 4.